The Morgan fingerprint density at radius 3 is 2.43 bits per heavy atom. The number of halogens is 1. The van der Waals surface area contributed by atoms with E-state index in [1.165, 1.54) is 0 Å². The minimum Gasteiger partial charge on any atom is -0.479 e. The number of carboxylic acid groups (broad SMARTS) is 1. The van der Waals surface area contributed by atoms with Crippen molar-refractivity contribution < 1.29 is 14.7 Å². The van der Waals surface area contributed by atoms with Crippen molar-refractivity contribution in [2.24, 2.45) is 5.41 Å². The van der Waals surface area contributed by atoms with Crippen molar-refractivity contribution in [1.29, 1.82) is 0 Å². The van der Waals surface area contributed by atoms with E-state index in [4.69, 9.17) is 11.6 Å². The van der Waals surface area contributed by atoms with Gasteiger partial charge in [0.1, 0.15) is 0 Å². The van der Waals surface area contributed by atoms with Crippen molar-refractivity contribution in [3.8, 4) is 0 Å². The average Bonchev–Trinajstić information content (AvgIpc) is 2.46. The monoisotopic (exact) mass is 309 g/mol. The Morgan fingerprint density at radius 1 is 1.24 bits per heavy atom. The van der Waals surface area contributed by atoms with Gasteiger partial charge in [-0.15, -0.1) is 0 Å². The van der Waals surface area contributed by atoms with Crippen LogP contribution in [-0.4, -0.2) is 17.0 Å². The standard InChI is InChI=1S/C16H20ClNO3/c1-16(9-5-2-6-10-16)15(21)18-13(14(19)20)11-7-3-4-8-12(11)17/h3-4,7-8,13H,2,5-6,9-10H2,1H3,(H,18,21)(H,19,20)/t13-/m1/s1. The molecule has 1 aromatic carbocycles. The Hall–Kier alpha value is -1.55. The van der Waals surface area contributed by atoms with E-state index in [9.17, 15) is 14.7 Å². The van der Waals surface area contributed by atoms with E-state index in [-0.39, 0.29) is 5.91 Å². The molecule has 1 aliphatic carbocycles. The summed E-state index contributed by atoms with van der Waals surface area (Å²) in [5.74, 6) is -1.30. The second kappa shape index (κ2) is 6.48. The molecule has 0 spiro atoms. The molecule has 1 aliphatic rings. The van der Waals surface area contributed by atoms with Crippen LogP contribution >= 0.6 is 11.6 Å². The number of nitrogens with one attached hydrogen (secondary N) is 1. The van der Waals surface area contributed by atoms with Gasteiger partial charge in [-0.1, -0.05) is 56.0 Å². The van der Waals surface area contributed by atoms with Gasteiger partial charge in [-0.3, -0.25) is 4.79 Å². The summed E-state index contributed by atoms with van der Waals surface area (Å²) in [6.45, 7) is 1.91. The molecule has 5 heteroatoms. The van der Waals surface area contributed by atoms with Crippen LogP contribution in [0.1, 0.15) is 50.6 Å². The third-order valence-electron chi connectivity index (χ3n) is 4.24. The van der Waals surface area contributed by atoms with Crippen molar-refractivity contribution in [3.63, 3.8) is 0 Å². The summed E-state index contributed by atoms with van der Waals surface area (Å²) in [5, 5.41) is 12.4. The number of carboxylic acids is 1. The zero-order valence-corrected chi connectivity index (χ0v) is 12.8. The predicted octanol–water partition coefficient (Wildman–Crippen LogP) is 3.55. The SMILES string of the molecule is CC1(C(=O)N[C@@H](C(=O)O)c2ccccc2Cl)CCCCC1. The van der Waals surface area contributed by atoms with Gasteiger partial charge < -0.3 is 10.4 Å². The zero-order valence-electron chi connectivity index (χ0n) is 12.1. The largest absolute Gasteiger partial charge is 0.479 e. The van der Waals surface area contributed by atoms with E-state index >= 15 is 0 Å². The summed E-state index contributed by atoms with van der Waals surface area (Å²) in [6, 6.07) is 5.59. The number of carbonyl (C=O) groups excluding carboxylic acids is 1. The molecule has 0 saturated heterocycles. The Balaban J connectivity index is 2.19. The molecule has 0 bridgehead atoms. The lowest BCUT2D eigenvalue weighted by atomic mass is 9.75. The molecule has 2 rings (SSSR count). The highest BCUT2D eigenvalue weighted by molar-refractivity contribution is 6.31. The molecular formula is C16H20ClNO3. The smallest absolute Gasteiger partial charge is 0.330 e. The van der Waals surface area contributed by atoms with Crippen molar-refractivity contribution >= 4 is 23.5 Å². The van der Waals surface area contributed by atoms with E-state index in [0.717, 1.165) is 32.1 Å². The number of aliphatic carboxylic acids is 1. The molecule has 0 unspecified atom stereocenters. The Morgan fingerprint density at radius 2 is 1.86 bits per heavy atom. The maximum absolute atomic E-state index is 12.5. The van der Waals surface area contributed by atoms with Crippen LogP contribution in [0.25, 0.3) is 0 Å². The molecule has 4 nitrogen and oxygen atoms in total. The van der Waals surface area contributed by atoms with Gasteiger partial charge in [0.15, 0.2) is 6.04 Å². The molecule has 0 heterocycles. The molecule has 1 atom stereocenters. The number of amides is 1. The lowest BCUT2D eigenvalue weighted by Crippen LogP contribution is -2.44. The minimum absolute atomic E-state index is 0.200. The van der Waals surface area contributed by atoms with Crippen LogP contribution in [0.3, 0.4) is 0 Å². The van der Waals surface area contributed by atoms with Gasteiger partial charge in [0, 0.05) is 16.0 Å². The van der Waals surface area contributed by atoms with Gasteiger partial charge in [0.2, 0.25) is 5.91 Å². The molecule has 1 fully saturated rings. The fraction of sp³-hybridized carbons (Fsp3) is 0.500. The van der Waals surface area contributed by atoms with Gasteiger partial charge in [-0.25, -0.2) is 4.79 Å². The predicted molar refractivity (Wildman–Crippen MR) is 81.2 cm³/mol. The first-order chi connectivity index (χ1) is 9.94. The quantitative estimate of drug-likeness (QED) is 0.893. The summed E-state index contributed by atoms with van der Waals surface area (Å²) in [4.78, 5) is 24.0. The first kappa shape index (κ1) is 15.8. The molecule has 2 N–H and O–H groups in total. The van der Waals surface area contributed by atoms with Gasteiger partial charge in [-0.2, -0.15) is 0 Å². The third kappa shape index (κ3) is 3.56. The van der Waals surface area contributed by atoms with Crippen LogP contribution in [0.5, 0.6) is 0 Å². The Kier molecular flexibility index (Phi) is 4.88. The number of hydrogen-bond acceptors (Lipinski definition) is 2. The van der Waals surface area contributed by atoms with Gasteiger partial charge in [0.05, 0.1) is 0 Å². The van der Waals surface area contributed by atoms with Crippen LogP contribution in [-0.2, 0) is 9.59 Å². The average molecular weight is 310 g/mol. The molecule has 1 amide bonds. The minimum atomic E-state index is -1.11. The molecule has 0 aliphatic heterocycles. The summed E-state index contributed by atoms with van der Waals surface area (Å²) < 4.78 is 0. The van der Waals surface area contributed by atoms with Crippen molar-refractivity contribution in [1.82, 2.24) is 5.32 Å². The van der Waals surface area contributed by atoms with E-state index in [0.29, 0.717) is 10.6 Å². The third-order valence-corrected chi connectivity index (χ3v) is 4.59. The van der Waals surface area contributed by atoms with Crippen LogP contribution in [0.4, 0.5) is 0 Å². The van der Waals surface area contributed by atoms with Crippen molar-refractivity contribution in [2.45, 2.75) is 45.1 Å². The van der Waals surface area contributed by atoms with Gasteiger partial charge >= 0.3 is 5.97 Å². The lowest BCUT2D eigenvalue weighted by molar-refractivity contribution is -0.144. The molecule has 114 valence electrons. The normalized spacial score (nSPS) is 18.8. The maximum Gasteiger partial charge on any atom is 0.330 e. The highest BCUT2D eigenvalue weighted by Crippen LogP contribution is 2.36. The molecule has 0 radical (unpaired) electrons. The van der Waals surface area contributed by atoms with E-state index in [2.05, 4.69) is 5.32 Å². The van der Waals surface area contributed by atoms with Crippen molar-refractivity contribution in [3.05, 3.63) is 34.9 Å². The van der Waals surface area contributed by atoms with E-state index in [1.807, 2.05) is 6.92 Å². The maximum atomic E-state index is 12.5. The first-order valence-corrected chi connectivity index (χ1v) is 7.60. The second-order valence-electron chi connectivity index (χ2n) is 5.89. The fourth-order valence-electron chi connectivity index (χ4n) is 2.85. The highest BCUT2D eigenvalue weighted by atomic mass is 35.5. The van der Waals surface area contributed by atoms with Crippen LogP contribution in [0, 0.1) is 5.41 Å². The molecule has 1 saturated carbocycles. The molecule has 21 heavy (non-hydrogen) atoms. The zero-order chi connectivity index (χ0) is 15.5. The van der Waals surface area contributed by atoms with E-state index in [1.54, 1.807) is 24.3 Å². The number of hydrogen-bond donors (Lipinski definition) is 2. The van der Waals surface area contributed by atoms with Crippen LogP contribution < -0.4 is 5.32 Å². The summed E-state index contributed by atoms with van der Waals surface area (Å²) in [6.07, 6.45) is 4.75. The van der Waals surface area contributed by atoms with Crippen molar-refractivity contribution in [2.75, 3.05) is 0 Å². The summed E-state index contributed by atoms with van der Waals surface area (Å²) in [5.41, 5.74) is -0.0628. The number of benzene rings is 1. The summed E-state index contributed by atoms with van der Waals surface area (Å²) in [7, 11) is 0. The van der Waals surface area contributed by atoms with Gasteiger partial charge in [0.25, 0.3) is 0 Å². The lowest BCUT2D eigenvalue weighted by Gasteiger charge is -2.33. The van der Waals surface area contributed by atoms with Gasteiger partial charge in [-0.05, 0) is 18.9 Å². The molecular weight excluding hydrogens is 290 g/mol. The number of rotatable bonds is 4. The highest BCUT2D eigenvalue weighted by Gasteiger charge is 2.37. The Bertz CT molecular complexity index is 538. The van der Waals surface area contributed by atoms with E-state index < -0.39 is 17.4 Å². The topological polar surface area (TPSA) is 66.4 Å². The second-order valence-corrected chi connectivity index (χ2v) is 6.29. The van der Waals surface area contributed by atoms with Crippen LogP contribution in [0.15, 0.2) is 24.3 Å². The van der Waals surface area contributed by atoms with Crippen LogP contribution in [0.2, 0.25) is 5.02 Å². The fourth-order valence-corrected chi connectivity index (χ4v) is 3.09. The molecule has 0 aromatic heterocycles. The first-order valence-electron chi connectivity index (χ1n) is 7.22. The Labute approximate surface area is 129 Å². The summed E-state index contributed by atoms with van der Waals surface area (Å²) >= 11 is 6.05. The molecule has 1 aromatic rings. The number of carbonyl (C=O) groups is 2.